The van der Waals surface area contributed by atoms with Gasteiger partial charge in [0.1, 0.15) is 11.9 Å². The van der Waals surface area contributed by atoms with Crippen molar-refractivity contribution in [1.29, 1.82) is 0 Å². The molecule has 6 heteroatoms. The number of fused-ring (bicyclic) bond motifs is 1. The van der Waals surface area contributed by atoms with E-state index < -0.39 is 0 Å². The quantitative estimate of drug-likeness (QED) is 0.797. The molecule has 1 fully saturated rings. The lowest BCUT2D eigenvalue weighted by atomic mass is 10.1. The van der Waals surface area contributed by atoms with Crippen LogP contribution in [0.2, 0.25) is 0 Å². The summed E-state index contributed by atoms with van der Waals surface area (Å²) in [4.78, 5) is 2.21. The number of nitrogens with zero attached hydrogens (tertiary/aromatic N) is 1. The fourth-order valence-electron chi connectivity index (χ4n) is 3.57. The van der Waals surface area contributed by atoms with Crippen molar-refractivity contribution in [3.05, 3.63) is 47.5 Å². The van der Waals surface area contributed by atoms with E-state index in [0.717, 1.165) is 54.0 Å². The summed E-state index contributed by atoms with van der Waals surface area (Å²) in [6.07, 6.45) is 2.05. The van der Waals surface area contributed by atoms with Crippen LogP contribution in [0.3, 0.4) is 0 Å². The van der Waals surface area contributed by atoms with Gasteiger partial charge in [0.25, 0.3) is 0 Å². The zero-order valence-electron chi connectivity index (χ0n) is 15.7. The Balaban J connectivity index is 1.30. The van der Waals surface area contributed by atoms with Gasteiger partial charge in [0.2, 0.25) is 6.79 Å². The van der Waals surface area contributed by atoms with E-state index in [1.165, 1.54) is 11.1 Å². The molecule has 1 saturated heterocycles. The number of thiocarbonyl (C=S) groups is 1. The monoisotopic (exact) mass is 384 g/mol. The lowest BCUT2D eigenvalue weighted by Crippen LogP contribution is -2.43. The molecule has 4 rings (SSSR count). The third kappa shape index (κ3) is 4.27. The van der Waals surface area contributed by atoms with Crippen molar-refractivity contribution in [2.75, 3.05) is 25.2 Å². The van der Waals surface area contributed by atoms with Gasteiger partial charge in [0.15, 0.2) is 16.6 Å². The highest BCUT2D eigenvalue weighted by Gasteiger charge is 2.23. The minimum Gasteiger partial charge on any atom is -0.490 e. The summed E-state index contributed by atoms with van der Waals surface area (Å²) in [5, 5.41) is 4.15. The first kappa shape index (κ1) is 17.9. The average molecular weight is 385 g/mol. The number of rotatable bonds is 3. The molecule has 27 heavy (non-hydrogen) atoms. The third-order valence-corrected chi connectivity index (χ3v) is 5.21. The van der Waals surface area contributed by atoms with Crippen molar-refractivity contribution in [1.82, 2.24) is 4.90 Å². The number of hydrogen-bond acceptors (Lipinski definition) is 4. The summed E-state index contributed by atoms with van der Waals surface area (Å²) >= 11 is 5.61. The highest BCUT2D eigenvalue weighted by molar-refractivity contribution is 7.80. The second kappa shape index (κ2) is 7.64. The molecular weight excluding hydrogens is 360 g/mol. The highest BCUT2D eigenvalue weighted by atomic mass is 32.1. The van der Waals surface area contributed by atoms with Gasteiger partial charge in [-0.3, -0.25) is 0 Å². The molecule has 2 aromatic rings. The normalized spacial score (nSPS) is 16.3. The number of likely N-dealkylation sites (tertiary alicyclic amines) is 1. The van der Waals surface area contributed by atoms with Crippen LogP contribution in [0, 0.1) is 13.8 Å². The summed E-state index contributed by atoms with van der Waals surface area (Å²) in [6, 6.07) is 12.1. The Kier molecular flexibility index (Phi) is 5.07. The first-order chi connectivity index (χ1) is 13.1. The Bertz CT molecular complexity index is 827. The third-order valence-electron chi connectivity index (χ3n) is 4.85. The van der Waals surface area contributed by atoms with E-state index in [2.05, 4.69) is 42.3 Å². The topological polar surface area (TPSA) is 43.0 Å². The van der Waals surface area contributed by atoms with Crippen LogP contribution in [0.25, 0.3) is 0 Å². The van der Waals surface area contributed by atoms with E-state index >= 15 is 0 Å². The van der Waals surface area contributed by atoms with Crippen molar-refractivity contribution in [2.45, 2.75) is 32.8 Å². The number of nitrogens with one attached hydrogen (secondary N) is 1. The molecule has 1 N–H and O–H groups in total. The van der Waals surface area contributed by atoms with E-state index in [-0.39, 0.29) is 12.9 Å². The van der Waals surface area contributed by atoms with Gasteiger partial charge in [0, 0.05) is 37.7 Å². The zero-order chi connectivity index (χ0) is 18.8. The largest absolute Gasteiger partial charge is 0.490 e. The average Bonchev–Trinajstić information content (AvgIpc) is 3.09. The lowest BCUT2D eigenvalue weighted by Gasteiger charge is -2.34. The van der Waals surface area contributed by atoms with Crippen LogP contribution in [0.1, 0.15) is 24.0 Å². The zero-order valence-corrected chi connectivity index (χ0v) is 16.5. The molecular formula is C21H24N2O3S. The van der Waals surface area contributed by atoms with Crippen LogP contribution in [0.5, 0.6) is 17.2 Å². The van der Waals surface area contributed by atoms with Crippen LogP contribution in [0.4, 0.5) is 5.69 Å². The Morgan fingerprint density at radius 3 is 2.48 bits per heavy atom. The number of hydrogen-bond donors (Lipinski definition) is 1. The molecule has 2 aliphatic rings. The molecule has 2 aliphatic heterocycles. The number of piperidine rings is 1. The molecule has 0 radical (unpaired) electrons. The predicted octanol–water partition coefficient (Wildman–Crippen LogP) is 4.27. The molecule has 0 atom stereocenters. The molecule has 0 saturated carbocycles. The summed E-state index contributed by atoms with van der Waals surface area (Å²) in [7, 11) is 0. The SMILES string of the molecule is Cc1cc(C)cc(NC(=S)N2CCC(Oc3ccc4c(c3)OCO4)CC2)c1. The van der Waals surface area contributed by atoms with Crippen LogP contribution in [-0.2, 0) is 0 Å². The Morgan fingerprint density at radius 2 is 1.74 bits per heavy atom. The van der Waals surface area contributed by atoms with Crippen molar-refractivity contribution in [2.24, 2.45) is 0 Å². The van der Waals surface area contributed by atoms with Crippen LogP contribution < -0.4 is 19.5 Å². The number of aryl methyl sites for hydroxylation is 2. The standard InChI is InChI=1S/C21H24N2O3S/c1-14-9-15(2)11-16(10-14)22-21(27)23-7-5-17(6-8-23)26-18-3-4-19-20(12-18)25-13-24-19/h3-4,9-12,17H,5-8,13H2,1-2H3,(H,22,27). The molecule has 0 aliphatic carbocycles. The maximum atomic E-state index is 6.13. The smallest absolute Gasteiger partial charge is 0.231 e. The number of ether oxygens (including phenoxy) is 3. The van der Waals surface area contributed by atoms with Crippen LogP contribution in [0.15, 0.2) is 36.4 Å². The van der Waals surface area contributed by atoms with Gasteiger partial charge in [-0.05, 0) is 61.5 Å². The molecule has 2 aromatic carbocycles. The summed E-state index contributed by atoms with van der Waals surface area (Å²) in [5.41, 5.74) is 3.52. The van der Waals surface area contributed by atoms with Gasteiger partial charge in [-0.2, -0.15) is 0 Å². The van der Waals surface area contributed by atoms with E-state index in [4.69, 9.17) is 26.4 Å². The molecule has 142 valence electrons. The molecule has 5 nitrogen and oxygen atoms in total. The maximum Gasteiger partial charge on any atom is 0.231 e. The first-order valence-electron chi connectivity index (χ1n) is 9.27. The lowest BCUT2D eigenvalue weighted by molar-refractivity contribution is 0.131. The summed E-state index contributed by atoms with van der Waals surface area (Å²) in [5.74, 6) is 2.36. The predicted molar refractivity (Wildman–Crippen MR) is 110 cm³/mol. The fourth-order valence-corrected chi connectivity index (χ4v) is 3.87. The van der Waals surface area contributed by atoms with Crippen molar-refractivity contribution in [3.63, 3.8) is 0 Å². The van der Waals surface area contributed by atoms with Crippen LogP contribution in [-0.4, -0.2) is 36.0 Å². The van der Waals surface area contributed by atoms with Gasteiger partial charge < -0.3 is 24.4 Å². The van der Waals surface area contributed by atoms with Gasteiger partial charge in [-0.1, -0.05) is 6.07 Å². The van der Waals surface area contributed by atoms with Crippen LogP contribution >= 0.6 is 12.2 Å². The van der Waals surface area contributed by atoms with Gasteiger partial charge >= 0.3 is 0 Å². The maximum absolute atomic E-state index is 6.13. The molecule has 0 spiro atoms. The van der Waals surface area contributed by atoms with E-state index in [0.29, 0.717) is 0 Å². The summed E-state index contributed by atoms with van der Waals surface area (Å²) in [6.45, 7) is 6.24. The van der Waals surface area contributed by atoms with Gasteiger partial charge in [0.05, 0.1) is 0 Å². The minimum absolute atomic E-state index is 0.186. The van der Waals surface area contributed by atoms with Gasteiger partial charge in [-0.25, -0.2) is 0 Å². The Hall–Kier alpha value is -2.47. The number of anilines is 1. The Morgan fingerprint density at radius 1 is 1.04 bits per heavy atom. The molecule has 0 unspecified atom stereocenters. The molecule has 2 heterocycles. The van der Waals surface area contributed by atoms with Crippen molar-refractivity contribution >= 4 is 23.0 Å². The molecule has 0 aromatic heterocycles. The van der Waals surface area contributed by atoms with Crippen molar-refractivity contribution < 1.29 is 14.2 Å². The summed E-state index contributed by atoms with van der Waals surface area (Å²) < 4.78 is 16.9. The second-order valence-electron chi connectivity index (χ2n) is 7.13. The highest BCUT2D eigenvalue weighted by Crippen LogP contribution is 2.35. The molecule has 0 amide bonds. The van der Waals surface area contributed by atoms with Crippen molar-refractivity contribution in [3.8, 4) is 17.2 Å². The molecule has 0 bridgehead atoms. The van der Waals surface area contributed by atoms with E-state index in [9.17, 15) is 0 Å². The fraction of sp³-hybridized carbons (Fsp3) is 0.381. The second-order valence-corrected chi connectivity index (χ2v) is 7.51. The first-order valence-corrected chi connectivity index (χ1v) is 9.68. The minimum atomic E-state index is 0.186. The van der Waals surface area contributed by atoms with E-state index in [1.807, 2.05) is 18.2 Å². The Labute approximate surface area is 165 Å². The van der Waals surface area contributed by atoms with E-state index in [1.54, 1.807) is 0 Å². The number of benzene rings is 2. The van der Waals surface area contributed by atoms with Gasteiger partial charge in [-0.15, -0.1) is 0 Å².